The average Bonchev–Trinajstić information content (AvgIpc) is 3.00. The van der Waals surface area contributed by atoms with Crippen LogP contribution in [0.2, 0.25) is 0 Å². The molecule has 43 heavy (non-hydrogen) atoms. The molecule has 8 nitrogen and oxygen atoms in total. The van der Waals surface area contributed by atoms with E-state index in [0.29, 0.717) is 10.9 Å². The molecule has 2 aromatic carbocycles. The van der Waals surface area contributed by atoms with Crippen molar-refractivity contribution in [2.24, 2.45) is 23.7 Å². The van der Waals surface area contributed by atoms with Gasteiger partial charge in [0.2, 0.25) is 0 Å². The lowest BCUT2D eigenvalue weighted by atomic mass is 9.53. The molecule has 5 aliphatic rings. The molecule has 1 aliphatic heterocycles. The van der Waals surface area contributed by atoms with E-state index in [0.717, 1.165) is 59.4 Å². The number of benzene rings is 2. The van der Waals surface area contributed by atoms with Crippen LogP contribution in [0.5, 0.6) is 0 Å². The zero-order valence-electron chi connectivity index (χ0n) is 24.5. The van der Waals surface area contributed by atoms with Crippen LogP contribution in [-0.2, 0) is 16.1 Å². The highest BCUT2D eigenvalue weighted by molar-refractivity contribution is 7.99. The van der Waals surface area contributed by atoms with Crippen molar-refractivity contribution in [2.75, 3.05) is 11.1 Å². The molecule has 1 saturated heterocycles. The summed E-state index contributed by atoms with van der Waals surface area (Å²) in [6, 6.07) is 17.4. The minimum absolute atomic E-state index is 0.00435. The molecule has 2 heterocycles. The number of carbonyl (C=O) groups excluding carboxylic acids is 1. The highest BCUT2D eigenvalue weighted by atomic mass is 32.2. The number of urea groups is 1. The lowest BCUT2D eigenvalue weighted by Crippen LogP contribution is -2.60. The molecule has 4 atom stereocenters. The lowest BCUT2D eigenvalue weighted by molar-refractivity contribution is -0.268. The van der Waals surface area contributed by atoms with E-state index < -0.39 is 6.29 Å². The number of rotatable bonds is 8. The summed E-state index contributed by atoms with van der Waals surface area (Å²) in [7, 11) is 0. The Morgan fingerprint density at radius 1 is 0.930 bits per heavy atom. The van der Waals surface area contributed by atoms with Gasteiger partial charge in [-0.3, -0.25) is 0 Å². The van der Waals surface area contributed by atoms with Crippen LogP contribution in [0.3, 0.4) is 0 Å². The maximum atomic E-state index is 13.1. The van der Waals surface area contributed by atoms with Crippen molar-refractivity contribution in [3.8, 4) is 0 Å². The maximum Gasteiger partial charge on any atom is 0.319 e. The van der Waals surface area contributed by atoms with Crippen molar-refractivity contribution in [3.05, 3.63) is 83.7 Å². The average molecular weight is 601 g/mol. The molecule has 226 valence electrons. The van der Waals surface area contributed by atoms with Crippen molar-refractivity contribution >= 4 is 23.5 Å². The van der Waals surface area contributed by atoms with Crippen molar-refractivity contribution in [2.45, 2.75) is 81.2 Å². The number of hydrogen-bond acceptors (Lipinski definition) is 7. The quantitative estimate of drug-likeness (QED) is 0.197. The number of hydrogen-bond donors (Lipinski definition) is 3. The zero-order chi connectivity index (χ0) is 29.4. The van der Waals surface area contributed by atoms with Gasteiger partial charge in [0.05, 0.1) is 18.8 Å². The highest BCUT2D eigenvalue weighted by Gasteiger charge is 2.51. The third-order valence-corrected chi connectivity index (χ3v) is 10.9. The minimum Gasteiger partial charge on any atom is -0.392 e. The molecule has 3 aromatic rings. The Balaban J connectivity index is 1.04. The van der Waals surface area contributed by atoms with Gasteiger partial charge >= 0.3 is 6.03 Å². The van der Waals surface area contributed by atoms with Crippen molar-refractivity contribution in [1.29, 1.82) is 0 Å². The molecular formula is C34H40N4O4S. The summed E-state index contributed by atoms with van der Waals surface area (Å²) in [4.78, 5) is 21.8. The predicted octanol–water partition coefficient (Wildman–Crippen LogP) is 6.64. The standard InChI is InChI=1S/C34H40N4O4S/c1-21-29(20-43-33-35-11-2-12-36-33)41-31(42-30(21)26-5-3-22(19-39)4-6-26)27-7-9-28(10-8-27)37-32(40)38-34-16-23-13-24(17-34)15-25(14-23)18-34/h2-12,21,23-25,29-31,39H,13-20H2,1H3,(H2,37,38,40). The number of aliphatic hydroxyl groups is 1. The molecule has 4 aliphatic carbocycles. The molecule has 4 unspecified atom stereocenters. The first kappa shape index (κ1) is 28.8. The molecule has 8 rings (SSSR count). The second-order valence-electron chi connectivity index (χ2n) is 13.1. The number of carbonyl (C=O) groups is 1. The fraction of sp³-hybridized carbons (Fsp3) is 0.500. The number of thioether (sulfide) groups is 1. The Hall–Kier alpha value is -2.98. The van der Waals surface area contributed by atoms with Gasteiger partial charge in [0.1, 0.15) is 0 Å². The van der Waals surface area contributed by atoms with Gasteiger partial charge in [0.15, 0.2) is 11.4 Å². The Morgan fingerprint density at radius 2 is 1.56 bits per heavy atom. The summed E-state index contributed by atoms with van der Waals surface area (Å²) in [5, 5.41) is 16.7. The van der Waals surface area contributed by atoms with Crippen LogP contribution in [0.4, 0.5) is 10.5 Å². The molecule has 4 saturated carbocycles. The van der Waals surface area contributed by atoms with E-state index in [2.05, 4.69) is 27.5 Å². The molecule has 5 fully saturated rings. The molecular weight excluding hydrogens is 560 g/mol. The first-order valence-corrected chi connectivity index (χ1v) is 16.5. The molecule has 9 heteroatoms. The zero-order valence-corrected chi connectivity index (χ0v) is 25.3. The SMILES string of the molecule is CC1C(CSc2ncccn2)OC(c2ccc(NC(=O)NC34CC5CC(CC(C5)C3)C4)cc2)OC1c1ccc(CO)cc1. The van der Waals surface area contributed by atoms with Crippen molar-refractivity contribution in [3.63, 3.8) is 0 Å². The third-order valence-electron chi connectivity index (χ3n) is 9.90. The van der Waals surface area contributed by atoms with E-state index in [9.17, 15) is 9.90 Å². The predicted molar refractivity (Wildman–Crippen MR) is 165 cm³/mol. The number of aliphatic hydroxyl groups excluding tert-OH is 1. The summed E-state index contributed by atoms with van der Waals surface area (Å²) < 4.78 is 13.1. The molecule has 3 N–H and O–H groups in total. The smallest absolute Gasteiger partial charge is 0.319 e. The van der Waals surface area contributed by atoms with Crippen LogP contribution < -0.4 is 10.6 Å². The van der Waals surface area contributed by atoms with Gasteiger partial charge in [-0.1, -0.05) is 55.1 Å². The first-order valence-electron chi connectivity index (χ1n) is 15.5. The van der Waals surface area contributed by atoms with Crippen LogP contribution >= 0.6 is 11.8 Å². The summed E-state index contributed by atoms with van der Waals surface area (Å²) in [5.74, 6) is 3.09. The largest absolute Gasteiger partial charge is 0.392 e. The number of amides is 2. The van der Waals surface area contributed by atoms with Gasteiger partial charge in [-0.25, -0.2) is 14.8 Å². The number of ether oxygens (including phenoxy) is 2. The molecule has 0 radical (unpaired) electrons. The second-order valence-corrected chi connectivity index (χ2v) is 14.1. The molecule has 1 aromatic heterocycles. The Kier molecular flexibility index (Phi) is 8.16. The lowest BCUT2D eigenvalue weighted by Gasteiger charge is -2.56. The van der Waals surface area contributed by atoms with Crippen LogP contribution in [0.25, 0.3) is 0 Å². The van der Waals surface area contributed by atoms with Crippen molar-refractivity contribution in [1.82, 2.24) is 15.3 Å². The fourth-order valence-electron chi connectivity index (χ4n) is 8.22. The van der Waals surface area contributed by atoms with Gasteiger partial charge < -0.3 is 25.2 Å². The van der Waals surface area contributed by atoms with Gasteiger partial charge in [0.25, 0.3) is 0 Å². The number of nitrogens with zero attached hydrogens (tertiary/aromatic N) is 2. The van der Waals surface area contributed by atoms with E-state index in [1.54, 1.807) is 24.2 Å². The minimum atomic E-state index is -0.573. The van der Waals surface area contributed by atoms with Gasteiger partial charge in [-0.2, -0.15) is 0 Å². The molecule has 2 amide bonds. The first-order chi connectivity index (χ1) is 20.9. The third kappa shape index (κ3) is 6.32. The molecule has 0 spiro atoms. The summed E-state index contributed by atoms with van der Waals surface area (Å²) in [6.07, 6.45) is 10.0. The van der Waals surface area contributed by atoms with Crippen molar-refractivity contribution < 1.29 is 19.4 Å². The maximum absolute atomic E-state index is 13.1. The number of anilines is 1. The monoisotopic (exact) mass is 600 g/mol. The van der Waals surface area contributed by atoms with Crippen LogP contribution in [0, 0.1) is 23.7 Å². The van der Waals surface area contributed by atoms with Gasteiger partial charge in [0, 0.05) is 40.9 Å². The van der Waals surface area contributed by atoms with Crippen LogP contribution in [0.15, 0.2) is 72.1 Å². The second kappa shape index (κ2) is 12.2. The van der Waals surface area contributed by atoms with E-state index in [1.165, 1.54) is 19.3 Å². The number of nitrogens with one attached hydrogen (secondary N) is 2. The Bertz CT molecular complexity index is 1370. The van der Waals surface area contributed by atoms with E-state index >= 15 is 0 Å². The van der Waals surface area contributed by atoms with Gasteiger partial charge in [-0.15, -0.1) is 0 Å². The summed E-state index contributed by atoms with van der Waals surface area (Å²) >= 11 is 1.57. The fourth-order valence-corrected chi connectivity index (χ4v) is 9.18. The van der Waals surface area contributed by atoms with Crippen LogP contribution in [-0.4, -0.2) is 38.5 Å². The van der Waals surface area contributed by atoms with Crippen LogP contribution in [0.1, 0.15) is 74.5 Å². The van der Waals surface area contributed by atoms with E-state index in [4.69, 9.17) is 9.47 Å². The van der Waals surface area contributed by atoms with E-state index in [1.807, 2.05) is 54.6 Å². The summed E-state index contributed by atoms with van der Waals surface area (Å²) in [6.45, 7) is 2.15. The highest BCUT2D eigenvalue weighted by Crippen LogP contribution is 2.55. The topological polar surface area (TPSA) is 106 Å². The number of aromatic nitrogens is 2. The summed E-state index contributed by atoms with van der Waals surface area (Å²) in [5.41, 5.74) is 3.52. The van der Waals surface area contributed by atoms with E-state index in [-0.39, 0.29) is 36.3 Å². The normalized spacial score (nSPS) is 32.8. The van der Waals surface area contributed by atoms with Gasteiger partial charge in [-0.05, 0) is 85.6 Å². The Morgan fingerprint density at radius 3 is 2.19 bits per heavy atom. The molecule has 4 bridgehead atoms. The Labute approximate surface area is 257 Å².